The van der Waals surface area contributed by atoms with Crippen molar-refractivity contribution in [2.24, 2.45) is 0 Å². The molecule has 8 heteroatoms. The van der Waals surface area contributed by atoms with Crippen molar-refractivity contribution < 1.29 is 17.9 Å². The minimum absolute atomic E-state index is 0.0233. The molecule has 130 valence electrons. The molecule has 0 atom stereocenters. The Labute approximate surface area is 142 Å². The normalized spacial score (nSPS) is 11.2. The van der Waals surface area contributed by atoms with Crippen LogP contribution >= 0.6 is 0 Å². The third-order valence-corrected chi connectivity index (χ3v) is 4.53. The highest BCUT2D eigenvalue weighted by Crippen LogP contribution is 2.29. The zero-order valence-electron chi connectivity index (χ0n) is 14.0. The number of methoxy groups -OCH3 is 2. The van der Waals surface area contributed by atoms with Gasteiger partial charge in [0.25, 0.3) is 10.0 Å². The molecule has 1 heterocycles. The topological polar surface area (TPSA) is 89.6 Å². The summed E-state index contributed by atoms with van der Waals surface area (Å²) in [7, 11) is -0.904. The number of benzene rings is 1. The zero-order chi connectivity index (χ0) is 17.7. The number of anilines is 2. The summed E-state index contributed by atoms with van der Waals surface area (Å²) in [5.41, 5.74) is 0.363. The van der Waals surface area contributed by atoms with Gasteiger partial charge in [-0.1, -0.05) is 0 Å². The van der Waals surface area contributed by atoms with Gasteiger partial charge in [-0.25, -0.2) is 13.4 Å². The van der Waals surface area contributed by atoms with E-state index in [0.717, 1.165) is 0 Å². The van der Waals surface area contributed by atoms with Crippen LogP contribution in [-0.4, -0.2) is 33.7 Å². The second-order valence-corrected chi connectivity index (χ2v) is 7.00. The zero-order valence-corrected chi connectivity index (χ0v) is 14.8. The van der Waals surface area contributed by atoms with Gasteiger partial charge < -0.3 is 14.8 Å². The van der Waals surface area contributed by atoms with E-state index in [0.29, 0.717) is 17.3 Å². The van der Waals surface area contributed by atoms with Crippen LogP contribution in [0.1, 0.15) is 13.8 Å². The minimum Gasteiger partial charge on any atom is -0.497 e. The number of sulfonamides is 1. The number of ether oxygens (including phenoxy) is 2. The summed E-state index contributed by atoms with van der Waals surface area (Å²) in [6, 6.07) is 8.10. The lowest BCUT2D eigenvalue weighted by atomic mass is 10.3. The molecule has 2 aromatic rings. The van der Waals surface area contributed by atoms with Crippen molar-refractivity contribution in [3.63, 3.8) is 0 Å². The Morgan fingerprint density at radius 3 is 2.38 bits per heavy atom. The standard InChI is InChI=1S/C16H21N3O4S/c1-11(2)18-16-8-5-12(10-17-16)19-24(20,21)15-7-6-13(22-3)9-14(15)23-4/h5-11,19H,1-4H3,(H,17,18). The van der Waals surface area contributed by atoms with Gasteiger partial charge in [0.1, 0.15) is 22.2 Å². The average Bonchev–Trinajstić information content (AvgIpc) is 2.55. The second-order valence-electron chi connectivity index (χ2n) is 5.35. The molecule has 1 aromatic carbocycles. The molecule has 0 aliphatic heterocycles. The van der Waals surface area contributed by atoms with Crippen molar-refractivity contribution >= 4 is 21.5 Å². The Hall–Kier alpha value is -2.48. The molecule has 0 spiro atoms. The molecule has 0 amide bonds. The maximum absolute atomic E-state index is 12.6. The molecular formula is C16H21N3O4S. The smallest absolute Gasteiger partial charge is 0.265 e. The Bertz CT molecular complexity index is 789. The molecule has 7 nitrogen and oxygen atoms in total. The van der Waals surface area contributed by atoms with E-state index in [9.17, 15) is 8.42 Å². The van der Waals surface area contributed by atoms with Crippen molar-refractivity contribution in [1.82, 2.24) is 4.98 Å². The maximum atomic E-state index is 12.6. The minimum atomic E-state index is -3.81. The lowest BCUT2D eigenvalue weighted by molar-refractivity contribution is 0.386. The number of hydrogen-bond donors (Lipinski definition) is 2. The summed E-state index contributed by atoms with van der Waals surface area (Å²) in [5, 5.41) is 3.14. The van der Waals surface area contributed by atoms with E-state index in [1.165, 1.54) is 32.5 Å². The molecule has 2 N–H and O–H groups in total. The van der Waals surface area contributed by atoms with Gasteiger partial charge in [-0.3, -0.25) is 4.72 Å². The molecule has 2 rings (SSSR count). The summed E-state index contributed by atoms with van der Waals surface area (Å²) in [4.78, 5) is 4.20. The largest absolute Gasteiger partial charge is 0.497 e. The van der Waals surface area contributed by atoms with E-state index in [2.05, 4.69) is 15.0 Å². The third-order valence-electron chi connectivity index (χ3n) is 3.11. The van der Waals surface area contributed by atoms with Crippen molar-refractivity contribution in [2.45, 2.75) is 24.8 Å². The molecule has 0 bridgehead atoms. The van der Waals surface area contributed by atoms with Crippen molar-refractivity contribution in [3.8, 4) is 11.5 Å². The molecule has 0 saturated heterocycles. The molecule has 0 unspecified atom stereocenters. The summed E-state index contributed by atoms with van der Waals surface area (Å²) < 4.78 is 37.9. The van der Waals surface area contributed by atoms with Crippen LogP contribution in [0.15, 0.2) is 41.4 Å². The second kappa shape index (κ2) is 7.39. The lowest BCUT2D eigenvalue weighted by Crippen LogP contribution is -2.15. The van der Waals surface area contributed by atoms with Gasteiger partial charge in [-0.15, -0.1) is 0 Å². The first-order valence-electron chi connectivity index (χ1n) is 7.33. The molecule has 0 fully saturated rings. The number of rotatable bonds is 7. The molecule has 0 saturated carbocycles. The van der Waals surface area contributed by atoms with E-state index in [1.807, 2.05) is 13.8 Å². The first-order chi connectivity index (χ1) is 11.4. The van der Waals surface area contributed by atoms with Crippen LogP contribution in [-0.2, 0) is 10.0 Å². The molecule has 0 aliphatic carbocycles. The van der Waals surface area contributed by atoms with E-state index >= 15 is 0 Å². The Kier molecular flexibility index (Phi) is 5.50. The summed E-state index contributed by atoms with van der Waals surface area (Å²) in [5.74, 6) is 1.39. The SMILES string of the molecule is COc1ccc(S(=O)(=O)Nc2ccc(NC(C)C)nc2)c(OC)c1. The van der Waals surface area contributed by atoms with Crippen LogP contribution in [0.4, 0.5) is 11.5 Å². The Morgan fingerprint density at radius 1 is 1.08 bits per heavy atom. The highest BCUT2D eigenvalue weighted by atomic mass is 32.2. The maximum Gasteiger partial charge on any atom is 0.265 e. The van der Waals surface area contributed by atoms with Gasteiger partial charge in [0, 0.05) is 12.1 Å². The molecule has 0 aliphatic rings. The number of aromatic nitrogens is 1. The van der Waals surface area contributed by atoms with Gasteiger partial charge in [-0.2, -0.15) is 0 Å². The number of nitrogens with one attached hydrogen (secondary N) is 2. The van der Waals surface area contributed by atoms with Gasteiger partial charge in [0.15, 0.2) is 0 Å². The van der Waals surface area contributed by atoms with Crippen molar-refractivity contribution in [2.75, 3.05) is 24.3 Å². The Balaban J connectivity index is 2.25. The van der Waals surface area contributed by atoms with Crippen LogP contribution in [0.25, 0.3) is 0 Å². The van der Waals surface area contributed by atoms with Crippen molar-refractivity contribution in [3.05, 3.63) is 36.5 Å². The van der Waals surface area contributed by atoms with Gasteiger partial charge in [0.2, 0.25) is 0 Å². The fourth-order valence-electron chi connectivity index (χ4n) is 2.04. The quantitative estimate of drug-likeness (QED) is 0.797. The first kappa shape index (κ1) is 17.9. The predicted molar refractivity (Wildman–Crippen MR) is 93.4 cm³/mol. The fourth-order valence-corrected chi connectivity index (χ4v) is 3.24. The van der Waals surface area contributed by atoms with Crippen LogP contribution in [0, 0.1) is 0 Å². The number of hydrogen-bond acceptors (Lipinski definition) is 6. The highest BCUT2D eigenvalue weighted by molar-refractivity contribution is 7.92. The summed E-state index contributed by atoms with van der Waals surface area (Å²) >= 11 is 0. The Morgan fingerprint density at radius 2 is 1.83 bits per heavy atom. The van der Waals surface area contributed by atoms with Gasteiger partial charge in [-0.05, 0) is 38.1 Å². The number of nitrogens with zero attached hydrogens (tertiary/aromatic N) is 1. The third kappa shape index (κ3) is 4.29. The fraction of sp³-hybridized carbons (Fsp3) is 0.312. The van der Waals surface area contributed by atoms with Gasteiger partial charge >= 0.3 is 0 Å². The predicted octanol–water partition coefficient (Wildman–Crippen LogP) is 2.72. The van der Waals surface area contributed by atoms with Crippen LogP contribution < -0.4 is 19.5 Å². The van der Waals surface area contributed by atoms with E-state index in [1.54, 1.807) is 18.2 Å². The van der Waals surface area contributed by atoms with E-state index in [-0.39, 0.29) is 16.7 Å². The molecule has 1 aromatic heterocycles. The lowest BCUT2D eigenvalue weighted by Gasteiger charge is -2.13. The summed E-state index contributed by atoms with van der Waals surface area (Å²) in [6.45, 7) is 3.99. The average molecular weight is 351 g/mol. The molecule has 0 radical (unpaired) electrons. The van der Waals surface area contributed by atoms with E-state index < -0.39 is 10.0 Å². The van der Waals surface area contributed by atoms with Crippen LogP contribution in [0.3, 0.4) is 0 Å². The molecular weight excluding hydrogens is 330 g/mol. The summed E-state index contributed by atoms with van der Waals surface area (Å²) in [6.07, 6.45) is 1.46. The van der Waals surface area contributed by atoms with Crippen LogP contribution in [0.5, 0.6) is 11.5 Å². The van der Waals surface area contributed by atoms with Crippen LogP contribution in [0.2, 0.25) is 0 Å². The number of pyridine rings is 1. The molecule has 24 heavy (non-hydrogen) atoms. The van der Waals surface area contributed by atoms with Gasteiger partial charge in [0.05, 0.1) is 26.1 Å². The van der Waals surface area contributed by atoms with E-state index in [4.69, 9.17) is 9.47 Å². The monoisotopic (exact) mass is 351 g/mol. The van der Waals surface area contributed by atoms with Crippen molar-refractivity contribution in [1.29, 1.82) is 0 Å². The first-order valence-corrected chi connectivity index (χ1v) is 8.81. The highest BCUT2D eigenvalue weighted by Gasteiger charge is 2.20.